The van der Waals surface area contributed by atoms with Gasteiger partial charge in [0, 0.05) is 109 Å². The zero-order chi connectivity index (χ0) is 59.7. The molecule has 0 saturated carbocycles. The Morgan fingerprint density at radius 2 is 1.66 bits per heavy atom. The maximum Gasteiger partial charge on any atom is 0.410 e. The fraction of sp³-hybridized carbons (Fsp3) is 0.463. The number of benzene rings is 4. The molecule has 0 spiro atoms. The van der Waals surface area contributed by atoms with E-state index in [4.69, 9.17) is 23.6 Å². The summed E-state index contributed by atoms with van der Waals surface area (Å²) in [5, 5.41) is 16.7. The molecule has 6 aliphatic rings. The van der Waals surface area contributed by atoms with Gasteiger partial charge in [0.05, 0.1) is 35.1 Å². The average molecular weight is 1130 g/mol. The lowest BCUT2D eigenvalue weighted by molar-refractivity contribution is -0.157. The van der Waals surface area contributed by atoms with Crippen molar-refractivity contribution in [2.45, 2.75) is 138 Å². The molecule has 2 unspecified atom stereocenters. The second-order valence-corrected chi connectivity index (χ2v) is 23.1. The number of ether oxygens (including phenoxy) is 3. The van der Waals surface area contributed by atoms with Crippen LogP contribution in [0.3, 0.4) is 0 Å². The molecule has 2 atom stereocenters. The third-order valence-corrected chi connectivity index (χ3v) is 16.0. The molecule has 5 aromatic rings. The third kappa shape index (κ3) is 13.8. The number of pyridine rings is 2. The van der Waals surface area contributed by atoms with Gasteiger partial charge in [-0.1, -0.05) is 61.0 Å². The van der Waals surface area contributed by atoms with Crippen LogP contribution >= 0.6 is 0 Å². The molecule has 1 aliphatic carbocycles. The largest absolute Gasteiger partial charge is 0.458 e. The highest BCUT2D eigenvalue weighted by atomic mass is 16.6. The summed E-state index contributed by atoms with van der Waals surface area (Å²) in [5.74, 6) is 0.478. The first kappa shape index (κ1) is 61.5. The molecular weight excluding hydrogens is 1050 g/mol. The normalized spacial score (nSPS) is 15.5. The summed E-state index contributed by atoms with van der Waals surface area (Å²) >= 11 is 0. The van der Waals surface area contributed by atoms with E-state index in [1.807, 2.05) is 41.8 Å². The van der Waals surface area contributed by atoms with Crippen LogP contribution in [-0.2, 0) is 44.1 Å². The van der Waals surface area contributed by atoms with E-state index >= 15 is 0 Å². The van der Waals surface area contributed by atoms with E-state index in [-0.39, 0.29) is 34.8 Å². The smallest absolute Gasteiger partial charge is 0.410 e. The molecule has 1 amide bonds. The zero-order valence-electron chi connectivity index (χ0n) is 50.9. The predicted octanol–water partition coefficient (Wildman–Crippen LogP) is 11.5. The fourth-order valence-electron chi connectivity index (χ4n) is 11.6. The lowest BCUT2D eigenvalue weighted by Crippen LogP contribution is -2.34. The molecule has 2 fully saturated rings. The molecule has 3 aromatic carbocycles. The summed E-state index contributed by atoms with van der Waals surface area (Å²) < 4.78 is 26.4. The Labute approximate surface area is 489 Å². The minimum Gasteiger partial charge on any atom is -0.458 e. The zero-order valence-corrected chi connectivity index (χ0v) is 50.9. The molecule has 16 heteroatoms. The van der Waals surface area contributed by atoms with E-state index in [1.165, 1.54) is 60.9 Å². The average Bonchev–Trinajstić information content (AvgIpc) is 2.76. The molecule has 11 rings (SSSR count). The second-order valence-electron chi connectivity index (χ2n) is 23.1. The van der Waals surface area contributed by atoms with Crippen LogP contribution < -0.4 is 30.4 Å². The number of aliphatic hydroxyl groups excluding tert-OH is 1. The van der Waals surface area contributed by atoms with E-state index in [0.29, 0.717) is 48.6 Å². The van der Waals surface area contributed by atoms with Gasteiger partial charge in [-0.05, 0) is 130 Å². The number of hydrogen-bond donors (Lipinski definition) is 2. The fourth-order valence-corrected chi connectivity index (χ4v) is 11.6. The van der Waals surface area contributed by atoms with E-state index in [1.54, 1.807) is 40.8 Å². The number of anilines is 2. The van der Waals surface area contributed by atoms with Gasteiger partial charge in [0.1, 0.15) is 42.9 Å². The number of amides is 1. The van der Waals surface area contributed by atoms with E-state index < -0.39 is 18.2 Å². The Bertz CT molecular complexity index is 3560. The number of hydrogen-bond acceptors (Lipinski definition) is 13. The van der Waals surface area contributed by atoms with Gasteiger partial charge in [0.25, 0.3) is 12.0 Å². The standard InChI is InChI=1S/C29H40N4O3.C21H16N2O6.C15H23N.C2H6/c1-6-7-14-30-22-10-12-24-26(19-22)36-27-20-23(33-15-8-9-16-33)11-13-25(27)28(24)21(2)35-29(34)32(5)18-17-31(3)4;1-2-11-12-5-10(29-9-24)3-4-16(12)22-18-14(11)7-23-17(18)6-13-15(20(23)26)8-28-21(27)19(13)25;1-12-7-8-13(16-9-5-6-10-16)11-14(12)15(2,3)4;1-2/h10-13,19-21H,6-9,14-18H2,1-5H3;3-6,9,19,25H,2,7-8H2,1H3;7-8,11H,5-6,9-10H2,1-4H3;1-2H3/p+1. The number of nitrogens with one attached hydrogen (secondary N) is 1. The van der Waals surface area contributed by atoms with Crippen LogP contribution in [0.4, 0.5) is 16.2 Å². The Hall–Kier alpha value is -7.56. The van der Waals surface area contributed by atoms with Gasteiger partial charge in [-0.25, -0.2) is 19.1 Å². The number of likely N-dealkylation sites (N-methyl/N-ethyl adjacent to an activating group) is 2. The van der Waals surface area contributed by atoms with E-state index in [0.717, 1.165) is 89.1 Å². The van der Waals surface area contributed by atoms with Crippen LogP contribution in [0, 0.1) is 6.92 Å². The highest BCUT2D eigenvalue weighted by Crippen LogP contribution is 2.41. The van der Waals surface area contributed by atoms with Crippen molar-refractivity contribution < 1.29 is 38.1 Å². The first-order chi connectivity index (χ1) is 39.9. The lowest BCUT2D eigenvalue weighted by Gasteiger charge is -2.25. The number of rotatable bonds is 13. The molecule has 0 radical (unpaired) electrons. The van der Waals surface area contributed by atoms with Crippen LogP contribution in [0.5, 0.6) is 5.75 Å². The van der Waals surface area contributed by atoms with Gasteiger partial charge in [-0.2, -0.15) is 0 Å². The number of fused-ring (bicyclic) bond motifs is 7. The molecule has 0 bridgehead atoms. The summed E-state index contributed by atoms with van der Waals surface area (Å²) in [7, 11) is 5.77. The van der Waals surface area contributed by atoms with Crippen molar-refractivity contribution in [3.05, 3.63) is 134 Å². The van der Waals surface area contributed by atoms with Gasteiger partial charge >= 0.3 is 12.1 Å². The number of aliphatic hydroxyl groups is 1. The van der Waals surface area contributed by atoms with E-state index in [9.17, 15) is 24.3 Å². The van der Waals surface area contributed by atoms with E-state index in [2.05, 4.69) is 109 Å². The highest BCUT2D eigenvalue weighted by Gasteiger charge is 2.35. The first-order valence-electron chi connectivity index (χ1n) is 29.8. The van der Waals surface area contributed by atoms with Crippen LogP contribution in [0.25, 0.3) is 44.6 Å². The van der Waals surface area contributed by atoms with Crippen molar-refractivity contribution in [1.82, 2.24) is 23.9 Å². The number of carbonyl (C=O) groups is 3. The van der Waals surface area contributed by atoms with Gasteiger partial charge in [-0.15, -0.1) is 0 Å². The minimum atomic E-state index is -1.48. The summed E-state index contributed by atoms with van der Waals surface area (Å²) in [6.07, 6.45) is 5.86. The number of aryl methyl sites for hydroxylation is 2. The quantitative estimate of drug-likeness (QED) is 0.0368. The second kappa shape index (κ2) is 27.2. The summed E-state index contributed by atoms with van der Waals surface area (Å²) in [6.45, 7) is 26.7. The van der Waals surface area contributed by atoms with Crippen molar-refractivity contribution in [2.75, 3.05) is 77.2 Å². The van der Waals surface area contributed by atoms with Gasteiger partial charge < -0.3 is 48.3 Å². The highest BCUT2D eigenvalue weighted by molar-refractivity contribution is 5.91. The topological polar surface area (TPSA) is 172 Å². The number of cyclic esters (lactones) is 1. The van der Waals surface area contributed by atoms with Crippen molar-refractivity contribution >= 4 is 51.8 Å². The Kier molecular flexibility index (Phi) is 20.2. The third-order valence-electron chi connectivity index (χ3n) is 16.0. The molecule has 2 N–H and O–H groups in total. The van der Waals surface area contributed by atoms with Gasteiger partial charge in [-0.3, -0.25) is 9.59 Å². The SMILES string of the molecule is CC.CCCCNc1ccc2c(C(C)OC(=O)N(C)CCN(C)C)c3ccc(=[N+]4CCCC4)cc-3oc2c1.CCc1c2c(nc3ccc(OC=O)cc13)-c1cc3c(c(=O)n1C2)COC(=O)C3O.Cc1ccc(N2CCCC2)cc1C(C)(C)C. The predicted molar refractivity (Wildman–Crippen MR) is 331 cm³/mol. The molecule has 83 heavy (non-hydrogen) atoms. The summed E-state index contributed by atoms with van der Waals surface area (Å²) in [6, 6.07) is 26.4. The van der Waals surface area contributed by atoms with Crippen molar-refractivity contribution in [3.63, 3.8) is 0 Å². The van der Waals surface area contributed by atoms with Crippen molar-refractivity contribution in [2.24, 2.45) is 0 Å². The molecule has 2 aromatic heterocycles. The van der Waals surface area contributed by atoms with Crippen LogP contribution in [0.1, 0.15) is 145 Å². The lowest BCUT2D eigenvalue weighted by atomic mass is 9.84. The Balaban J connectivity index is 0.000000171. The van der Waals surface area contributed by atoms with Crippen molar-refractivity contribution in [3.8, 4) is 28.5 Å². The summed E-state index contributed by atoms with van der Waals surface area (Å²) in [4.78, 5) is 59.3. The molecule has 442 valence electrons. The summed E-state index contributed by atoms with van der Waals surface area (Å²) in [5.41, 5.74) is 12.5. The van der Waals surface area contributed by atoms with Crippen LogP contribution in [0.15, 0.2) is 88.1 Å². The van der Waals surface area contributed by atoms with Crippen LogP contribution in [0.2, 0.25) is 0 Å². The molecular formula is C67H86N7O9+. The number of esters is 1. The number of nitrogens with zero attached hydrogens (tertiary/aromatic N) is 6. The number of unbranched alkanes of at least 4 members (excludes halogenated alkanes) is 1. The van der Waals surface area contributed by atoms with Gasteiger partial charge in [0.15, 0.2) is 6.10 Å². The maximum atomic E-state index is 13.0. The monoisotopic (exact) mass is 1130 g/mol. The molecule has 5 aliphatic heterocycles. The Morgan fingerprint density at radius 3 is 2.35 bits per heavy atom. The number of aromatic nitrogens is 2. The molecule has 7 heterocycles. The van der Waals surface area contributed by atoms with Gasteiger partial charge in [0.2, 0.25) is 5.36 Å². The minimum absolute atomic E-state index is 0.150. The Morgan fingerprint density at radius 1 is 0.916 bits per heavy atom. The van der Waals surface area contributed by atoms with Crippen molar-refractivity contribution in [1.29, 1.82) is 0 Å². The maximum absolute atomic E-state index is 13.0. The number of carbonyl (C=O) groups excluding carboxylic acids is 3. The molecule has 2 saturated heterocycles. The van der Waals surface area contributed by atoms with Crippen LogP contribution in [-0.4, -0.2) is 110 Å². The molecule has 16 nitrogen and oxygen atoms in total. The first-order valence-corrected chi connectivity index (χ1v) is 29.8.